The summed E-state index contributed by atoms with van der Waals surface area (Å²) in [6, 6.07) is 8.27. The zero-order chi connectivity index (χ0) is 19.5. The molecule has 7 nitrogen and oxygen atoms in total. The Hall–Kier alpha value is -2.70. The fourth-order valence-electron chi connectivity index (χ4n) is 5.21. The first-order chi connectivity index (χ1) is 12.9. The Morgan fingerprint density at radius 1 is 1.11 bits per heavy atom. The van der Waals surface area contributed by atoms with Crippen LogP contribution in [-0.4, -0.2) is 70.0 Å². The number of fused-ring (bicyclic) bond motifs is 5. The summed E-state index contributed by atoms with van der Waals surface area (Å²) in [4.78, 5) is 57.0. The number of hydrogen-bond acceptors (Lipinski definition) is 4. The van der Waals surface area contributed by atoms with Crippen LogP contribution in [0.2, 0.25) is 0 Å². The first kappa shape index (κ1) is 17.7. The van der Waals surface area contributed by atoms with Crippen LogP contribution >= 0.6 is 0 Å². The first-order valence-corrected chi connectivity index (χ1v) is 9.39. The summed E-state index contributed by atoms with van der Waals surface area (Å²) in [6.45, 7) is 4.46. The number of benzene rings is 1. The van der Waals surface area contributed by atoms with Gasteiger partial charge in [-0.1, -0.05) is 25.1 Å². The van der Waals surface area contributed by atoms with Crippen molar-refractivity contribution in [3.8, 4) is 0 Å². The number of carbonyl (C=O) groups excluding carboxylic acids is 4. The molecule has 4 amide bonds. The highest BCUT2D eigenvalue weighted by Crippen LogP contribution is 2.53. The average molecular weight is 369 g/mol. The van der Waals surface area contributed by atoms with Crippen LogP contribution in [0, 0.1) is 11.8 Å². The standard InChI is InChI=1S/C20H23N3O4/c1-4-20-15-14(17(25)21(3)18(15)26)13(11-22(5-2)19(20)27)23(20)16(24)12-9-7-6-8-10-12/h6-10,13-15H,4-5,11H2,1-3H3/t13-,14+,15-,20-/m1/s1. The SMILES string of the molecule is CCN1C[C@@H]2[C@@H]3C(=O)N(C)C(=O)[C@@H]3[C@](CC)(C1=O)N2C(=O)c1ccccc1. The highest BCUT2D eigenvalue weighted by molar-refractivity contribution is 6.13. The summed E-state index contributed by atoms with van der Waals surface area (Å²) in [6.07, 6.45) is 0.297. The van der Waals surface area contributed by atoms with Crippen molar-refractivity contribution in [3.63, 3.8) is 0 Å². The average Bonchev–Trinajstić information content (AvgIpc) is 3.07. The number of piperazine rings is 1. The van der Waals surface area contributed by atoms with Crippen LogP contribution in [0.3, 0.4) is 0 Å². The van der Waals surface area contributed by atoms with Crippen LogP contribution < -0.4 is 0 Å². The molecular formula is C20H23N3O4. The van der Waals surface area contributed by atoms with Crippen molar-refractivity contribution >= 4 is 23.6 Å². The lowest BCUT2D eigenvalue weighted by Crippen LogP contribution is -2.69. The Labute approximate surface area is 157 Å². The molecule has 142 valence electrons. The van der Waals surface area contributed by atoms with Crippen molar-refractivity contribution in [1.82, 2.24) is 14.7 Å². The van der Waals surface area contributed by atoms with Crippen LogP contribution in [0.4, 0.5) is 0 Å². The smallest absolute Gasteiger partial charge is 0.255 e. The molecule has 0 aliphatic carbocycles. The van der Waals surface area contributed by atoms with Crippen molar-refractivity contribution < 1.29 is 19.2 Å². The monoisotopic (exact) mass is 369 g/mol. The summed E-state index contributed by atoms with van der Waals surface area (Å²) in [7, 11) is 1.47. The molecule has 0 aromatic heterocycles. The van der Waals surface area contributed by atoms with E-state index < -0.39 is 23.4 Å². The lowest BCUT2D eigenvalue weighted by molar-refractivity contribution is -0.156. The summed E-state index contributed by atoms with van der Waals surface area (Å²) in [5.41, 5.74) is -0.833. The van der Waals surface area contributed by atoms with E-state index in [2.05, 4.69) is 0 Å². The van der Waals surface area contributed by atoms with E-state index in [1.807, 2.05) is 19.9 Å². The zero-order valence-electron chi connectivity index (χ0n) is 15.7. The first-order valence-electron chi connectivity index (χ1n) is 9.39. The molecule has 3 aliphatic heterocycles. The molecule has 27 heavy (non-hydrogen) atoms. The quantitative estimate of drug-likeness (QED) is 0.737. The van der Waals surface area contributed by atoms with E-state index in [-0.39, 0.29) is 30.2 Å². The highest BCUT2D eigenvalue weighted by Gasteiger charge is 2.74. The Bertz CT molecular complexity index is 839. The van der Waals surface area contributed by atoms with E-state index in [0.29, 0.717) is 18.5 Å². The van der Waals surface area contributed by atoms with Gasteiger partial charge in [0.1, 0.15) is 5.54 Å². The van der Waals surface area contributed by atoms with E-state index in [4.69, 9.17) is 0 Å². The third-order valence-corrected chi connectivity index (χ3v) is 6.49. The molecule has 0 spiro atoms. The van der Waals surface area contributed by atoms with Gasteiger partial charge in [-0.05, 0) is 25.5 Å². The van der Waals surface area contributed by atoms with Gasteiger partial charge in [0, 0.05) is 25.7 Å². The van der Waals surface area contributed by atoms with Crippen molar-refractivity contribution in [3.05, 3.63) is 35.9 Å². The molecule has 3 saturated heterocycles. The Balaban J connectivity index is 1.90. The lowest BCUT2D eigenvalue weighted by atomic mass is 9.78. The number of likely N-dealkylation sites (N-methyl/N-ethyl adjacent to an activating group) is 1. The minimum atomic E-state index is -1.30. The third kappa shape index (κ3) is 2.02. The summed E-state index contributed by atoms with van der Waals surface area (Å²) in [5.74, 6) is -2.62. The van der Waals surface area contributed by atoms with Crippen molar-refractivity contribution in [2.24, 2.45) is 11.8 Å². The second kappa shape index (κ2) is 5.90. The van der Waals surface area contributed by atoms with E-state index in [0.717, 1.165) is 4.90 Å². The predicted octanol–water partition coefficient (Wildman–Crippen LogP) is 0.753. The van der Waals surface area contributed by atoms with E-state index >= 15 is 0 Å². The molecule has 3 aliphatic rings. The molecule has 7 heteroatoms. The van der Waals surface area contributed by atoms with Gasteiger partial charge in [-0.2, -0.15) is 0 Å². The molecule has 4 atom stereocenters. The second-order valence-electron chi connectivity index (χ2n) is 7.47. The van der Waals surface area contributed by atoms with Crippen molar-refractivity contribution in [2.75, 3.05) is 20.1 Å². The molecule has 4 rings (SSSR count). The number of rotatable bonds is 3. The third-order valence-electron chi connectivity index (χ3n) is 6.49. The summed E-state index contributed by atoms with van der Waals surface area (Å²) >= 11 is 0. The van der Waals surface area contributed by atoms with Crippen LogP contribution in [0.25, 0.3) is 0 Å². The zero-order valence-corrected chi connectivity index (χ0v) is 15.7. The normalized spacial score (nSPS) is 32.3. The molecule has 2 bridgehead atoms. The molecule has 1 aromatic carbocycles. The number of imide groups is 1. The second-order valence-corrected chi connectivity index (χ2v) is 7.47. The maximum Gasteiger partial charge on any atom is 0.255 e. The largest absolute Gasteiger partial charge is 0.339 e. The number of amides is 4. The molecule has 0 N–H and O–H groups in total. The maximum atomic E-state index is 13.5. The summed E-state index contributed by atoms with van der Waals surface area (Å²) in [5, 5.41) is 0. The van der Waals surface area contributed by atoms with E-state index in [1.165, 1.54) is 7.05 Å². The fourth-order valence-corrected chi connectivity index (χ4v) is 5.21. The van der Waals surface area contributed by atoms with Gasteiger partial charge < -0.3 is 9.80 Å². The fraction of sp³-hybridized carbons (Fsp3) is 0.500. The van der Waals surface area contributed by atoms with E-state index in [9.17, 15) is 19.2 Å². The number of likely N-dealkylation sites (tertiary alicyclic amines) is 2. The molecule has 0 unspecified atom stereocenters. The van der Waals surface area contributed by atoms with E-state index in [1.54, 1.807) is 34.1 Å². The van der Waals surface area contributed by atoms with Crippen LogP contribution in [0.5, 0.6) is 0 Å². The Morgan fingerprint density at radius 3 is 2.37 bits per heavy atom. The van der Waals surface area contributed by atoms with Crippen molar-refractivity contribution in [1.29, 1.82) is 0 Å². The molecular weight excluding hydrogens is 346 g/mol. The topological polar surface area (TPSA) is 78.0 Å². The lowest BCUT2D eigenvalue weighted by Gasteiger charge is -2.49. The van der Waals surface area contributed by atoms with Gasteiger partial charge in [0.25, 0.3) is 5.91 Å². The number of hydrogen-bond donors (Lipinski definition) is 0. The molecule has 1 aromatic rings. The van der Waals surface area contributed by atoms with Gasteiger partial charge in [0.15, 0.2) is 0 Å². The van der Waals surface area contributed by atoms with Crippen LogP contribution in [0.15, 0.2) is 30.3 Å². The predicted molar refractivity (Wildman–Crippen MR) is 96.4 cm³/mol. The van der Waals surface area contributed by atoms with Gasteiger partial charge >= 0.3 is 0 Å². The summed E-state index contributed by atoms with van der Waals surface area (Å²) < 4.78 is 0. The van der Waals surface area contributed by atoms with Gasteiger partial charge in [-0.3, -0.25) is 24.1 Å². The number of nitrogens with zero attached hydrogens (tertiary/aromatic N) is 3. The van der Waals surface area contributed by atoms with Gasteiger partial charge in [0.05, 0.1) is 17.9 Å². The van der Waals surface area contributed by atoms with Gasteiger partial charge in [-0.15, -0.1) is 0 Å². The Kier molecular flexibility index (Phi) is 3.87. The van der Waals surface area contributed by atoms with Gasteiger partial charge in [0.2, 0.25) is 17.7 Å². The number of carbonyl (C=O) groups is 4. The maximum absolute atomic E-state index is 13.5. The van der Waals surface area contributed by atoms with Crippen LogP contribution in [-0.2, 0) is 14.4 Å². The highest BCUT2D eigenvalue weighted by atomic mass is 16.2. The van der Waals surface area contributed by atoms with Gasteiger partial charge in [-0.25, -0.2) is 0 Å². The molecule has 3 fully saturated rings. The minimum absolute atomic E-state index is 0.225. The minimum Gasteiger partial charge on any atom is -0.339 e. The molecule has 0 radical (unpaired) electrons. The Morgan fingerprint density at radius 2 is 1.78 bits per heavy atom. The molecule has 3 heterocycles. The van der Waals surface area contributed by atoms with Crippen molar-refractivity contribution in [2.45, 2.75) is 31.8 Å². The van der Waals surface area contributed by atoms with Crippen LogP contribution in [0.1, 0.15) is 30.6 Å². The molecule has 0 saturated carbocycles.